The van der Waals surface area contributed by atoms with E-state index in [-0.39, 0.29) is 5.91 Å². The molecular weight excluding hydrogens is 436 g/mol. The van der Waals surface area contributed by atoms with Gasteiger partial charge < -0.3 is 9.47 Å². The van der Waals surface area contributed by atoms with Gasteiger partial charge >= 0.3 is 0 Å². The molecule has 4 aromatic rings. The lowest BCUT2D eigenvalue weighted by Gasteiger charge is -2.11. The van der Waals surface area contributed by atoms with Crippen LogP contribution >= 0.6 is 11.6 Å². The summed E-state index contributed by atoms with van der Waals surface area (Å²) in [6, 6.07) is 26.4. The smallest absolute Gasteiger partial charge is 0.275 e. The summed E-state index contributed by atoms with van der Waals surface area (Å²) in [6.07, 6.45) is 0. The zero-order valence-corrected chi connectivity index (χ0v) is 19.1. The van der Waals surface area contributed by atoms with E-state index in [1.165, 1.54) is 0 Å². The molecule has 6 heteroatoms. The van der Waals surface area contributed by atoms with Crippen LogP contribution in [0.5, 0.6) is 11.5 Å². The third-order valence-corrected chi connectivity index (χ3v) is 5.48. The maximum atomic E-state index is 12.8. The van der Waals surface area contributed by atoms with Gasteiger partial charge in [0.15, 0.2) is 0 Å². The highest BCUT2D eigenvalue weighted by atomic mass is 35.5. The van der Waals surface area contributed by atoms with E-state index in [1.54, 1.807) is 37.4 Å². The Hall–Kier alpha value is -3.83. The number of fused-ring (bicyclic) bond motifs is 1. The van der Waals surface area contributed by atoms with Crippen molar-refractivity contribution in [2.24, 2.45) is 5.10 Å². The molecule has 0 unspecified atom stereocenters. The van der Waals surface area contributed by atoms with Crippen LogP contribution in [0.2, 0.25) is 5.02 Å². The van der Waals surface area contributed by atoms with Gasteiger partial charge in [-0.1, -0.05) is 54.1 Å². The lowest BCUT2D eigenvalue weighted by molar-refractivity contribution is 0.0950. The minimum Gasteiger partial charge on any atom is -0.497 e. The molecule has 0 saturated carbocycles. The van der Waals surface area contributed by atoms with Crippen LogP contribution in [-0.4, -0.2) is 18.7 Å². The summed E-state index contributed by atoms with van der Waals surface area (Å²) in [5.74, 6) is 0.953. The maximum Gasteiger partial charge on any atom is 0.275 e. The molecular formula is C27H23ClN2O3. The molecule has 0 bridgehead atoms. The summed E-state index contributed by atoms with van der Waals surface area (Å²) >= 11 is 5.93. The fraction of sp³-hybridized carbons (Fsp3) is 0.111. The highest BCUT2D eigenvalue weighted by Gasteiger charge is 2.12. The molecule has 1 N–H and O–H groups in total. The average Bonchev–Trinajstić information content (AvgIpc) is 2.86. The number of halogens is 1. The molecule has 4 rings (SSSR count). The number of nitrogens with zero attached hydrogens (tertiary/aromatic N) is 1. The predicted octanol–water partition coefficient (Wildman–Crippen LogP) is 6.23. The molecule has 5 nitrogen and oxygen atoms in total. The Morgan fingerprint density at radius 3 is 2.45 bits per heavy atom. The van der Waals surface area contributed by atoms with E-state index in [1.807, 2.05) is 61.5 Å². The number of rotatable bonds is 7. The summed E-state index contributed by atoms with van der Waals surface area (Å²) in [5, 5.41) is 7.10. The van der Waals surface area contributed by atoms with Crippen LogP contribution < -0.4 is 14.9 Å². The number of carbonyl (C=O) groups excluding carboxylic acids is 1. The van der Waals surface area contributed by atoms with Crippen LogP contribution in [0.25, 0.3) is 10.8 Å². The van der Waals surface area contributed by atoms with Gasteiger partial charge in [0.2, 0.25) is 0 Å². The van der Waals surface area contributed by atoms with Gasteiger partial charge in [-0.3, -0.25) is 4.79 Å². The molecule has 33 heavy (non-hydrogen) atoms. The third kappa shape index (κ3) is 5.51. The number of hydrogen-bond acceptors (Lipinski definition) is 4. The van der Waals surface area contributed by atoms with Crippen LogP contribution in [0.1, 0.15) is 28.4 Å². The van der Waals surface area contributed by atoms with Crippen molar-refractivity contribution >= 4 is 34.0 Å². The van der Waals surface area contributed by atoms with Gasteiger partial charge in [0.1, 0.15) is 18.1 Å². The summed E-state index contributed by atoms with van der Waals surface area (Å²) in [4.78, 5) is 12.8. The second kappa shape index (κ2) is 10.2. The Kier molecular flexibility index (Phi) is 6.91. The Bertz CT molecular complexity index is 1320. The van der Waals surface area contributed by atoms with Crippen molar-refractivity contribution in [3.8, 4) is 11.5 Å². The van der Waals surface area contributed by atoms with Crippen LogP contribution in [0.4, 0.5) is 0 Å². The summed E-state index contributed by atoms with van der Waals surface area (Å²) < 4.78 is 11.2. The first-order valence-electron chi connectivity index (χ1n) is 10.4. The zero-order valence-electron chi connectivity index (χ0n) is 18.3. The monoisotopic (exact) mass is 458 g/mol. The van der Waals surface area contributed by atoms with Crippen LogP contribution in [-0.2, 0) is 6.61 Å². The maximum absolute atomic E-state index is 12.8. The molecule has 166 valence electrons. The topological polar surface area (TPSA) is 59.9 Å². The van der Waals surface area contributed by atoms with Crippen molar-refractivity contribution in [1.82, 2.24) is 5.43 Å². The van der Waals surface area contributed by atoms with Crippen LogP contribution in [0.15, 0.2) is 90.0 Å². The molecule has 0 aliphatic rings. The SMILES string of the molecule is COc1ccc2cc(/C(C)=N\NC(=O)c3ccccc3OCc3ccc(Cl)cc3)ccc2c1. The molecule has 0 heterocycles. The van der Waals surface area contributed by atoms with Gasteiger partial charge in [-0.05, 0) is 71.3 Å². The molecule has 0 aliphatic carbocycles. The Labute approximate surface area is 197 Å². The number of para-hydroxylation sites is 1. The highest BCUT2D eigenvalue weighted by molar-refractivity contribution is 6.30. The number of hydrogen-bond donors (Lipinski definition) is 1. The molecule has 0 aliphatic heterocycles. The predicted molar refractivity (Wildman–Crippen MR) is 132 cm³/mol. The standard InChI is InChI=1S/C27H23ClN2O3/c1-18(20-9-10-22-16-24(32-2)14-11-21(22)15-20)29-30-27(31)25-5-3-4-6-26(25)33-17-19-7-12-23(28)13-8-19/h3-16H,17H2,1-2H3,(H,30,31)/b29-18-. The fourth-order valence-electron chi connectivity index (χ4n) is 3.36. The van der Waals surface area contributed by atoms with Gasteiger partial charge in [-0.25, -0.2) is 5.43 Å². The number of ether oxygens (including phenoxy) is 2. The van der Waals surface area contributed by atoms with Gasteiger partial charge in [0.05, 0.1) is 18.4 Å². The fourth-order valence-corrected chi connectivity index (χ4v) is 3.48. The summed E-state index contributed by atoms with van der Waals surface area (Å²) in [6.45, 7) is 2.18. The molecule has 0 atom stereocenters. The zero-order chi connectivity index (χ0) is 23.2. The lowest BCUT2D eigenvalue weighted by atomic mass is 10.0. The normalized spacial score (nSPS) is 11.3. The van der Waals surface area contributed by atoms with E-state index in [0.29, 0.717) is 28.7 Å². The molecule has 0 spiro atoms. The minimum absolute atomic E-state index is 0.325. The third-order valence-electron chi connectivity index (χ3n) is 5.23. The quantitative estimate of drug-likeness (QED) is 0.263. The largest absolute Gasteiger partial charge is 0.497 e. The number of benzene rings is 4. The van der Waals surface area contributed by atoms with E-state index in [0.717, 1.165) is 27.6 Å². The van der Waals surface area contributed by atoms with E-state index in [9.17, 15) is 4.79 Å². The van der Waals surface area contributed by atoms with Crippen LogP contribution in [0, 0.1) is 0 Å². The van der Waals surface area contributed by atoms with Gasteiger partial charge in [-0.2, -0.15) is 5.10 Å². The first-order valence-corrected chi connectivity index (χ1v) is 10.8. The van der Waals surface area contributed by atoms with Gasteiger partial charge in [0.25, 0.3) is 5.91 Å². The van der Waals surface area contributed by atoms with Gasteiger partial charge in [0, 0.05) is 5.02 Å². The van der Waals surface area contributed by atoms with Crippen molar-refractivity contribution in [2.75, 3.05) is 7.11 Å². The average molecular weight is 459 g/mol. The number of carbonyl (C=O) groups is 1. The molecule has 4 aromatic carbocycles. The van der Waals surface area contributed by atoms with Crippen molar-refractivity contribution in [2.45, 2.75) is 13.5 Å². The van der Waals surface area contributed by atoms with E-state index in [2.05, 4.69) is 10.5 Å². The molecule has 0 aromatic heterocycles. The van der Waals surface area contributed by atoms with E-state index in [4.69, 9.17) is 21.1 Å². The first-order chi connectivity index (χ1) is 16.0. The van der Waals surface area contributed by atoms with Crippen molar-refractivity contribution in [1.29, 1.82) is 0 Å². The van der Waals surface area contributed by atoms with E-state index < -0.39 is 0 Å². The second-order valence-electron chi connectivity index (χ2n) is 7.48. The Morgan fingerprint density at radius 1 is 0.939 bits per heavy atom. The highest BCUT2D eigenvalue weighted by Crippen LogP contribution is 2.23. The Balaban J connectivity index is 1.46. The summed E-state index contributed by atoms with van der Waals surface area (Å²) in [5.41, 5.74) is 5.62. The van der Waals surface area contributed by atoms with Crippen molar-refractivity contribution < 1.29 is 14.3 Å². The molecule has 0 radical (unpaired) electrons. The minimum atomic E-state index is -0.341. The molecule has 0 saturated heterocycles. The van der Waals surface area contributed by atoms with E-state index >= 15 is 0 Å². The number of methoxy groups -OCH3 is 1. The van der Waals surface area contributed by atoms with Gasteiger partial charge in [-0.15, -0.1) is 0 Å². The number of amides is 1. The van der Waals surface area contributed by atoms with Crippen LogP contribution in [0.3, 0.4) is 0 Å². The molecule has 1 amide bonds. The first kappa shape index (κ1) is 22.4. The number of nitrogens with one attached hydrogen (secondary N) is 1. The summed E-state index contributed by atoms with van der Waals surface area (Å²) in [7, 11) is 1.65. The molecule has 0 fully saturated rings. The Morgan fingerprint density at radius 2 is 1.67 bits per heavy atom. The van der Waals surface area contributed by atoms with Crippen molar-refractivity contribution in [3.05, 3.63) is 107 Å². The van der Waals surface area contributed by atoms with Crippen molar-refractivity contribution in [3.63, 3.8) is 0 Å². The second-order valence-corrected chi connectivity index (χ2v) is 7.91. The lowest BCUT2D eigenvalue weighted by Crippen LogP contribution is -2.20. The number of hydrazone groups is 1.